The third-order valence-electron chi connectivity index (χ3n) is 8.58. The van der Waals surface area contributed by atoms with Gasteiger partial charge in [-0.3, -0.25) is 0 Å². The molecule has 0 atom stereocenters. The number of furan rings is 1. The quantitative estimate of drug-likeness (QED) is 0.194. The molecular weight excluding hydrogens is 601 g/mol. The summed E-state index contributed by atoms with van der Waals surface area (Å²) in [5.74, 6) is 2.19. The highest BCUT2D eigenvalue weighted by Crippen LogP contribution is 2.44. The molecule has 0 saturated heterocycles. The molecule has 0 N–H and O–H groups in total. The van der Waals surface area contributed by atoms with Crippen LogP contribution in [0.5, 0.6) is 0 Å². The van der Waals surface area contributed by atoms with Crippen LogP contribution in [0.3, 0.4) is 0 Å². The van der Waals surface area contributed by atoms with Gasteiger partial charge in [0.25, 0.3) is 0 Å². The monoisotopic (exact) mass is 622 g/mol. The van der Waals surface area contributed by atoms with Crippen molar-refractivity contribution in [2.75, 3.05) is 0 Å². The van der Waals surface area contributed by atoms with Crippen LogP contribution < -0.4 is 0 Å². The van der Waals surface area contributed by atoms with Crippen LogP contribution in [0.15, 0.2) is 142 Å². The van der Waals surface area contributed by atoms with Crippen molar-refractivity contribution in [3.8, 4) is 45.6 Å². The van der Waals surface area contributed by atoms with Crippen LogP contribution >= 0.6 is 11.3 Å². The summed E-state index contributed by atoms with van der Waals surface area (Å²) in [4.78, 5) is 20.4. The Hall–Kier alpha value is -6.18. The van der Waals surface area contributed by atoms with Gasteiger partial charge in [0.15, 0.2) is 23.1 Å². The molecule has 0 amide bonds. The molecule has 220 valence electrons. The van der Waals surface area contributed by atoms with E-state index in [-0.39, 0.29) is 0 Å². The average Bonchev–Trinajstić information content (AvgIpc) is 3.84. The lowest BCUT2D eigenvalue weighted by Crippen LogP contribution is -2.01. The van der Waals surface area contributed by atoms with Crippen molar-refractivity contribution in [3.63, 3.8) is 0 Å². The van der Waals surface area contributed by atoms with Gasteiger partial charge >= 0.3 is 0 Å². The van der Waals surface area contributed by atoms with Gasteiger partial charge in [0.05, 0.1) is 11.1 Å². The number of fused-ring (bicyclic) bond motifs is 7. The third-order valence-corrected chi connectivity index (χ3v) is 9.80. The van der Waals surface area contributed by atoms with Gasteiger partial charge in [-0.2, -0.15) is 0 Å². The standard InChI is InChI=1S/C40H22N4O2S/c1-3-12-23(13-4-1)37-42-38(24-14-5-2-6-15-24)44-39(43-37)34-33-27-17-7-9-20-29(27)45-30(33)22-31-35(34)41-40(46-31)28-19-11-18-26-25-16-8-10-21-32(25)47-36(26)28/h1-22H. The van der Waals surface area contributed by atoms with Gasteiger partial charge in [0.1, 0.15) is 16.7 Å². The number of thiophene rings is 1. The van der Waals surface area contributed by atoms with Crippen molar-refractivity contribution in [2.45, 2.75) is 0 Å². The van der Waals surface area contributed by atoms with E-state index in [1.165, 1.54) is 15.5 Å². The number of nitrogens with zero attached hydrogens (tertiary/aromatic N) is 4. The smallest absolute Gasteiger partial charge is 0.228 e. The van der Waals surface area contributed by atoms with E-state index in [2.05, 4.69) is 48.5 Å². The van der Waals surface area contributed by atoms with Crippen molar-refractivity contribution in [3.05, 3.63) is 133 Å². The van der Waals surface area contributed by atoms with Crippen molar-refractivity contribution in [2.24, 2.45) is 0 Å². The first-order valence-corrected chi connectivity index (χ1v) is 16.1. The molecule has 10 aromatic rings. The third kappa shape index (κ3) is 4.10. The molecule has 0 bridgehead atoms. The number of hydrogen-bond donors (Lipinski definition) is 0. The molecule has 4 heterocycles. The number of para-hydroxylation sites is 1. The van der Waals surface area contributed by atoms with Gasteiger partial charge in [0, 0.05) is 48.1 Å². The van der Waals surface area contributed by atoms with E-state index < -0.39 is 0 Å². The predicted octanol–water partition coefficient (Wildman–Crippen LogP) is 10.9. The van der Waals surface area contributed by atoms with Gasteiger partial charge in [-0.1, -0.05) is 109 Å². The van der Waals surface area contributed by atoms with Crippen molar-refractivity contribution >= 4 is 64.5 Å². The molecule has 0 aliphatic heterocycles. The maximum Gasteiger partial charge on any atom is 0.228 e. The topological polar surface area (TPSA) is 77.8 Å². The highest BCUT2D eigenvalue weighted by atomic mass is 32.1. The first kappa shape index (κ1) is 26.1. The summed E-state index contributed by atoms with van der Waals surface area (Å²) in [6.07, 6.45) is 0. The molecule has 47 heavy (non-hydrogen) atoms. The molecular formula is C40H22N4O2S. The molecule has 7 heteroatoms. The maximum absolute atomic E-state index is 6.62. The van der Waals surface area contributed by atoms with E-state index in [1.54, 1.807) is 11.3 Å². The summed E-state index contributed by atoms with van der Waals surface area (Å²) in [7, 11) is 0. The minimum absolute atomic E-state index is 0.500. The normalized spacial score (nSPS) is 11.8. The predicted molar refractivity (Wildman–Crippen MR) is 189 cm³/mol. The van der Waals surface area contributed by atoms with E-state index in [1.807, 2.05) is 84.9 Å². The first-order chi connectivity index (χ1) is 23.3. The van der Waals surface area contributed by atoms with Crippen LogP contribution in [0, 0.1) is 0 Å². The molecule has 10 rings (SSSR count). The zero-order valence-electron chi connectivity index (χ0n) is 24.7. The number of hydrogen-bond acceptors (Lipinski definition) is 7. The lowest BCUT2D eigenvalue weighted by atomic mass is 10.0. The minimum Gasteiger partial charge on any atom is -0.456 e. The number of aromatic nitrogens is 4. The maximum atomic E-state index is 6.62. The van der Waals surface area contributed by atoms with E-state index in [0.29, 0.717) is 40.0 Å². The minimum atomic E-state index is 0.500. The Morgan fingerprint density at radius 3 is 1.87 bits per heavy atom. The van der Waals surface area contributed by atoms with Gasteiger partial charge < -0.3 is 8.83 Å². The van der Waals surface area contributed by atoms with E-state index in [0.717, 1.165) is 43.3 Å². The lowest BCUT2D eigenvalue weighted by molar-refractivity contribution is 0.618. The molecule has 0 saturated carbocycles. The van der Waals surface area contributed by atoms with Crippen LogP contribution in [-0.4, -0.2) is 19.9 Å². The molecule has 0 fully saturated rings. The Balaban J connectivity index is 1.30. The summed E-state index contributed by atoms with van der Waals surface area (Å²) >= 11 is 1.75. The van der Waals surface area contributed by atoms with Gasteiger partial charge in [-0.25, -0.2) is 19.9 Å². The molecule has 0 radical (unpaired) electrons. The second kappa shape index (κ2) is 10.2. The zero-order chi connectivity index (χ0) is 30.9. The fourth-order valence-electron chi connectivity index (χ4n) is 6.44. The van der Waals surface area contributed by atoms with E-state index in [9.17, 15) is 0 Å². The van der Waals surface area contributed by atoms with Crippen LogP contribution in [0.25, 0.3) is 98.8 Å². The highest BCUT2D eigenvalue weighted by molar-refractivity contribution is 7.26. The fraction of sp³-hybridized carbons (Fsp3) is 0. The summed E-state index contributed by atoms with van der Waals surface area (Å²) in [5.41, 5.74) is 6.20. The highest BCUT2D eigenvalue weighted by Gasteiger charge is 2.25. The number of benzene rings is 6. The Morgan fingerprint density at radius 1 is 0.468 bits per heavy atom. The van der Waals surface area contributed by atoms with Crippen LogP contribution in [-0.2, 0) is 0 Å². The largest absolute Gasteiger partial charge is 0.456 e. The second-order valence-electron chi connectivity index (χ2n) is 11.4. The molecule has 4 aromatic heterocycles. The Morgan fingerprint density at radius 2 is 1.11 bits per heavy atom. The van der Waals surface area contributed by atoms with Gasteiger partial charge in [-0.15, -0.1) is 11.3 Å². The zero-order valence-corrected chi connectivity index (χ0v) is 25.5. The van der Waals surface area contributed by atoms with Crippen molar-refractivity contribution < 1.29 is 8.83 Å². The van der Waals surface area contributed by atoms with E-state index in [4.69, 9.17) is 28.8 Å². The lowest BCUT2D eigenvalue weighted by Gasteiger charge is -2.09. The fourth-order valence-corrected chi connectivity index (χ4v) is 7.65. The molecule has 0 unspecified atom stereocenters. The van der Waals surface area contributed by atoms with Crippen molar-refractivity contribution in [1.29, 1.82) is 0 Å². The van der Waals surface area contributed by atoms with Crippen molar-refractivity contribution in [1.82, 2.24) is 19.9 Å². The molecule has 0 spiro atoms. The van der Waals surface area contributed by atoms with Crippen LogP contribution in [0.1, 0.15) is 0 Å². The molecule has 6 nitrogen and oxygen atoms in total. The Labute approximate surface area is 271 Å². The van der Waals surface area contributed by atoms with Crippen LogP contribution in [0.4, 0.5) is 0 Å². The van der Waals surface area contributed by atoms with Crippen LogP contribution in [0.2, 0.25) is 0 Å². The molecule has 0 aliphatic carbocycles. The molecule has 6 aromatic carbocycles. The SMILES string of the molecule is c1ccc(-c2nc(-c3ccccc3)nc(-c3c4nc(-c5cccc6c5sc5ccccc56)oc4cc4oc5ccccc5c34)n2)cc1. The van der Waals surface area contributed by atoms with E-state index >= 15 is 0 Å². The van der Waals surface area contributed by atoms with Gasteiger partial charge in [0.2, 0.25) is 5.89 Å². The number of oxazole rings is 1. The summed E-state index contributed by atoms with van der Waals surface area (Å²) in [6.45, 7) is 0. The average molecular weight is 623 g/mol. The molecule has 0 aliphatic rings. The summed E-state index contributed by atoms with van der Waals surface area (Å²) in [5, 5.41) is 4.25. The Bertz CT molecular complexity index is 2740. The number of rotatable bonds is 4. The summed E-state index contributed by atoms with van der Waals surface area (Å²) < 4.78 is 15.4. The van der Waals surface area contributed by atoms with Gasteiger partial charge in [-0.05, 0) is 18.2 Å². The Kier molecular flexibility index (Phi) is 5.64. The first-order valence-electron chi connectivity index (χ1n) is 15.3. The second-order valence-corrected chi connectivity index (χ2v) is 12.5. The summed E-state index contributed by atoms with van der Waals surface area (Å²) in [6, 6.07) is 44.7.